The van der Waals surface area contributed by atoms with E-state index in [4.69, 9.17) is 0 Å². The molecule has 2 heterocycles. The molecular weight excluding hydrogens is 264 g/mol. The Hall–Kier alpha value is -2.14. The van der Waals surface area contributed by atoms with Gasteiger partial charge in [0.25, 0.3) is 0 Å². The second-order valence-electron chi connectivity index (χ2n) is 5.51. The summed E-state index contributed by atoms with van der Waals surface area (Å²) < 4.78 is 1.76. The quantitative estimate of drug-likeness (QED) is 0.869. The highest BCUT2D eigenvalue weighted by Gasteiger charge is 2.10. The van der Waals surface area contributed by atoms with Crippen LogP contribution in [0.4, 0.5) is 0 Å². The van der Waals surface area contributed by atoms with Crippen LogP contribution < -0.4 is 10.6 Å². The number of carbonyl (C=O) groups excluding carboxylic acids is 1. The molecule has 0 atom stereocenters. The molecule has 1 aliphatic heterocycles. The van der Waals surface area contributed by atoms with Gasteiger partial charge in [0.2, 0.25) is 5.91 Å². The monoisotopic (exact) mass is 284 g/mol. The number of carbonyl (C=O) groups is 1. The third-order valence-corrected chi connectivity index (χ3v) is 3.79. The van der Waals surface area contributed by atoms with Gasteiger partial charge >= 0.3 is 0 Å². The van der Waals surface area contributed by atoms with E-state index in [1.807, 2.05) is 13.2 Å². The second-order valence-corrected chi connectivity index (χ2v) is 5.51. The lowest BCUT2D eigenvalue weighted by Gasteiger charge is -2.07. The standard InChI is InChI=1S/C16H20N4O/c1-20-11-13(8-19-20)3-5-16(21)18-7-12-2-4-14-9-17-10-15(14)6-12/h2,4,6,8,11,17H,3,5,7,9-10H2,1H3,(H,18,21). The molecule has 1 aromatic carbocycles. The van der Waals surface area contributed by atoms with Crippen molar-refractivity contribution in [2.45, 2.75) is 32.5 Å². The predicted molar refractivity (Wildman–Crippen MR) is 80.4 cm³/mol. The molecular formula is C16H20N4O. The van der Waals surface area contributed by atoms with Gasteiger partial charge in [0, 0.05) is 39.3 Å². The van der Waals surface area contributed by atoms with Gasteiger partial charge in [0.1, 0.15) is 0 Å². The van der Waals surface area contributed by atoms with E-state index in [0.29, 0.717) is 13.0 Å². The number of hydrogen-bond acceptors (Lipinski definition) is 3. The lowest BCUT2D eigenvalue weighted by Crippen LogP contribution is -2.23. The second kappa shape index (κ2) is 6.10. The number of nitrogens with one attached hydrogen (secondary N) is 2. The normalized spacial score (nSPS) is 13.2. The average molecular weight is 284 g/mol. The van der Waals surface area contributed by atoms with Crippen molar-refractivity contribution in [1.29, 1.82) is 0 Å². The molecule has 1 aromatic heterocycles. The zero-order valence-corrected chi connectivity index (χ0v) is 12.2. The van der Waals surface area contributed by atoms with Crippen LogP contribution >= 0.6 is 0 Å². The minimum absolute atomic E-state index is 0.0810. The average Bonchev–Trinajstić information content (AvgIpc) is 3.10. The Balaban J connectivity index is 1.47. The van der Waals surface area contributed by atoms with E-state index in [2.05, 4.69) is 33.9 Å². The molecule has 0 spiro atoms. The molecule has 21 heavy (non-hydrogen) atoms. The Bertz CT molecular complexity index is 647. The Kier molecular flexibility index (Phi) is 4.01. The summed E-state index contributed by atoms with van der Waals surface area (Å²) in [6.45, 7) is 2.48. The minimum atomic E-state index is 0.0810. The first kappa shape index (κ1) is 13.8. The van der Waals surface area contributed by atoms with Crippen LogP contribution in [0.5, 0.6) is 0 Å². The SMILES string of the molecule is Cn1cc(CCC(=O)NCc2ccc3c(c2)CNC3)cn1. The summed E-state index contributed by atoms with van der Waals surface area (Å²) in [5.74, 6) is 0.0810. The molecule has 0 aliphatic carbocycles. The highest BCUT2D eigenvalue weighted by molar-refractivity contribution is 5.76. The van der Waals surface area contributed by atoms with Crippen LogP contribution in [0.2, 0.25) is 0 Å². The van der Waals surface area contributed by atoms with Crippen molar-refractivity contribution in [1.82, 2.24) is 20.4 Å². The molecule has 0 bridgehead atoms. The lowest BCUT2D eigenvalue weighted by atomic mass is 10.1. The number of aromatic nitrogens is 2. The van der Waals surface area contributed by atoms with Crippen LogP contribution in [0.3, 0.4) is 0 Å². The van der Waals surface area contributed by atoms with Crippen molar-refractivity contribution in [3.8, 4) is 0 Å². The van der Waals surface area contributed by atoms with E-state index in [1.165, 1.54) is 11.1 Å². The van der Waals surface area contributed by atoms with E-state index in [0.717, 1.165) is 30.6 Å². The van der Waals surface area contributed by atoms with E-state index >= 15 is 0 Å². The van der Waals surface area contributed by atoms with Crippen LogP contribution in [0, 0.1) is 0 Å². The van der Waals surface area contributed by atoms with Gasteiger partial charge in [0.05, 0.1) is 6.20 Å². The number of hydrogen-bond donors (Lipinski definition) is 2. The first-order valence-corrected chi connectivity index (χ1v) is 7.26. The summed E-state index contributed by atoms with van der Waals surface area (Å²) in [5.41, 5.74) is 4.96. The van der Waals surface area contributed by atoms with Gasteiger partial charge in [-0.05, 0) is 28.7 Å². The third-order valence-electron chi connectivity index (χ3n) is 3.79. The molecule has 0 fully saturated rings. The maximum Gasteiger partial charge on any atom is 0.220 e. The van der Waals surface area contributed by atoms with Gasteiger partial charge < -0.3 is 10.6 Å². The van der Waals surface area contributed by atoms with Gasteiger partial charge in [-0.1, -0.05) is 18.2 Å². The fourth-order valence-corrected chi connectivity index (χ4v) is 2.61. The fraction of sp³-hybridized carbons (Fsp3) is 0.375. The third kappa shape index (κ3) is 3.49. The van der Waals surface area contributed by atoms with E-state index < -0.39 is 0 Å². The molecule has 2 aromatic rings. The number of rotatable bonds is 5. The first-order valence-electron chi connectivity index (χ1n) is 7.26. The van der Waals surface area contributed by atoms with Crippen molar-refractivity contribution in [3.63, 3.8) is 0 Å². The Morgan fingerprint density at radius 2 is 2.19 bits per heavy atom. The summed E-state index contributed by atoms with van der Waals surface area (Å²) in [5, 5.41) is 10.4. The summed E-state index contributed by atoms with van der Waals surface area (Å²) >= 11 is 0. The maximum absolute atomic E-state index is 11.9. The fourth-order valence-electron chi connectivity index (χ4n) is 2.61. The maximum atomic E-state index is 11.9. The lowest BCUT2D eigenvalue weighted by molar-refractivity contribution is -0.121. The molecule has 1 amide bonds. The summed E-state index contributed by atoms with van der Waals surface area (Å²) in [6.07, 6.45) is 4.98. The first-order chi connectivity index (χ1) is 10.2. The predicted octanol–water partition coefficient (Wildman–Crippen LogP) is 1.27. The van der Waals surface area contributed by atoms with Crippen molar-refractivity contribution in [2.24, 2.45) is 7.05 Å². The van der Waals surface area contributed by atoms with E-state index in [-0.39, 0.29) is 5.91 Å². The summed E-state index contributed by atoms with van der Waals surface area (Å²) in [6, 6.07) is 6.41. The molecule has 2 N–H and O–H groups in total. The van der Waals surface area contributed by atoms with Gasteiger partial charge in [-0.25, -0.2) is 0 Å². The van der Waals surface area contributed by atoms with Crippen LogP contribution in [0.15, 0.2) is 30.6 Å². The van der Waals surface area contributed by atoms with E-state index in [9.17, 15) is 4.79 Å². The Labute approximate surface area is 124 Å². The van der Waals surface area contributed by atoms with Gasteiger partial charge in [-0.3, -0.25) is 9.48 Å². The molecule has 0 radical (unpaired) electrons. The molecule has 0 saturated carbocycles. The molecule has 0 saturated heterocycles. The number of amides is 1. The highest BCUT2D eigenvalue weighted by atomic mass is 16.1. The van der Waals surface area contributed by atoms with Crippen molar-refractivity contribution >= 4 is 5.91 Å². The van der Waals surface area contributed by atoms with Gasteiger partial charge in [0.15, 0.2) is 0 Å². The molecule has 1 aliphatic rings. The molecule has 3 rings (SSSR count). The van der Waals surface area contributed by atoms with Gasteiger partial charge in [-0.2, -0.15) is 5.10 Å². The Morgan fingerprint density at radius 3 is 3.00 bits per heavy atom. The Morgan fingerprint density at radius 1 is 1.33 bits per heavy atom. The topological polar surface area (TPSA) is 59.0 Å². The summed E-state index contributed by atoms with van der Waals surface area (Å²) in [4.78, 5) is 11.9. The number of aryl methyl sites for hydroxylation is 2. The highest BCUT2D eigenvalue weighted by Crippen LogP contribution is 2.16. The molecule has 110 valence electrons. The number of benzene rings is 1. The smallest absolute Gasteiger partial charge is 0.220 e. The van der Waals surface area contributed by atoms with E-state index in [1.54, 1.807) is 10.9 Å². The van der Waals surface area contributed by atoms with Crippen LogP contribution in [0.25, 0.3) is 0 Å². The number of nitrogens with zero attached hydrogens (tertiary/aromatic N) is 2. The van der Waals surface area contributed by atoms with Crippen LogP contribution in [-0.4, -0.2) is 15.7 Å². The zero-order chi connectivity index (χ0) is 14.7. The van der Waals surface area contributed by atoms with Crippen molar-refractivity contribution in [2.75, 3.05) is 0 Å². The largest absolute Gasteiger partial charge is 0.352 e. The molecule has 0 unspecified atom stereocenters. The molecule has 5 nitrogen and oxygen atoms in total. The molecule has 5 heteroatoms. The minimum Gasteiger partial charge on any atom is -0.352 e. The van der Waals surface area contributed by atoms with Crippen LogP contribution in [-0.2, 0) is 37.9 Å². The van der Waals surface area contributed by atoms with Gasteiger partial charge in [-0.15, -0.1) is 0 Å². The van der Waals surface area contributed by atoms with Crippen LogP contribution in [0.1, 0.15) is 28.7 Å². The van der Waals surface area contributed by atoms with Crippen molar-refractivity contribution < 1.29 is 4.79 Å². The summed E-state index contributed by atoms with van der Waals surface area (Å²) in [7, 11) is 1.88. The number of fused-ring (bicyclic) bond motifs is 1. The zero-order valence-electron chi connectivity index (χ0n) is 12.2. The van der Waals surface area contributed by atoms with Crippen molar-refractivity contribution in [3.05, 3.63) is 52.8 Å².